The molecular formula is C18H18N4O4. The molecule has 1 aromatic heterocycles. The number of aromatic hydroxyl groups is 1. The summed E-state index contributed by atoms with van der Waals surface area (Å²) >= 11 is 0. The molecule has 2 aromatic carbocycles. The highest BCUT2D eigenvalue weighted by atomic mass is 16.6. The molecule has 26 heavy (non-hydrogen) atoms. The van der Waals surface area contributed by atoms with Crippen LogP contribution in [0.1, 0.15) is 17.4 Å². The van der Waals surface area contributed by atoms with E-state index in [9.17, 15) is 10.2 Å². The Kier molecular flexibility index (Phi) is 4.87. The number of ether oxygens (including phenoxy) is 1. The SMILES string of the molecule is CO[C@H](O)c1cc(-c2cnc(Nc3ccc(N)c(C=N)c3)o2)ccc1O. The summed E-state index contributed by atoms with van der Waals surface area (Å²) in [5, 5.41) is 30.0. The quantitative estimate of drug-likeness (QED) is 0.260. The van der Waals surface area contributed by atoms with E-state index in [2.05, 4.69) is 10.3 Å². The first-order chi connectivity index (χ1) is 12.5. The van der Waals surface area contributed by atoms with Crippen LogP contribution in [-0.4, -0.2) is 28.5 Å². The van der Waals surface area contributed by atoms with E-state index in [4.69, 9.17) is 20.3 Å². The molecule has 8 heteroatoms. The molecule has 0 amide bonds. The van der Waals surface area contributed by atoms with E-state index >= 15 is 0 Å². The summed E-state index contributed by atoms with van der Waals surface area (Å²) in [7, 11) is 1.34. The van der Waals surface area contributed by atoms with Gasteiger partial charge in [0.2, 0.25) is 0 Å². The number of aromatic nitrogens is 1. The Labute approximate surface area is 149 Å². The minimum atomic E-state index is -1.25. The van der Waals surface area contributed by atoms with E-state index in [1.807, 2.05) is 0 Å². The summed E-state index contributed by atoms with van der Waals surface area (Å²) in [4.78, 5) is 4.16. The van der Waals surface area contributed by atoms with Crippen molar-refractivity contribution in [3.05, 3.63) is 53.7 Å². The lowest BCUT2D eigenvalue weighted by Gasteiger charge is -2.11. The molecule has 0 unspecified atom stereocenters. The molecule has 134 valence electrons. The van der Waals surface area contributed by atoms with Crippen LogP contribution in [0.2, 0.25) is 0 Å². The van der Waals surface area contributed by atoms with Crippen molar-refractivity contribution < 1.29 is 19.4 Å². The predicted octanol–water partition coefficient (Wildman–Crippen LogP) is 3.01. The first kappa shape index (κ1) is 17.5. The maximum atomic E-state index is 9.83. The summed E-state index contributed by atoms with van der Waals surface area (Å²) in [6.07, 6.45) is 1.44. The Balaban J connectivity index is 1.85. The van der Waals surface area contributed by atoms with Crippen LogP contribution in [0.15, 0.2) is 47.0 Å². The fourth-order valence-electron chi connectivity index (χ4n) is 2.40. The van der Waals surface area contributed by atoms with E-state index in [1.54, 1.807) is 30.3 Å². The second-order valence-corrected chi connectivity index (χ2v) is 5.50. The summed E-state index contributed by atoms with van der Waals surface area (Å²) in [5.41, 5.74) is 8.37. The zero-order valence-electron chi connectivity index (χ0n) is 13.9. The van der Waals surface area contributed by atoms with Gasteiger partial charge in [0, 0.05) is 41.4 Å². The van der Waals surface area contributed by atoms with Gasteiger partial charge < -0.3 is 35.8 Å². The van der Waals surface area contributed by atoms with Gasteiger partial charge in [0.05, 0.1) is 6.20 Å². The molecule has 0 radical (unpaired) electrons. The van der Waals surface area contributed by atoms with E-state index in [1.165, 1.54) is 25.6 Å². The van der Waals surface area contributed by atoms with Crippen LogP contribution >= 0.6 is 0 Å². The lowest BCUT2D eigenvalue weighted by atomic mass is 10.1. The first-order valence-corrected chi connectivity index (χ1v) is 7.69. The molecule has 0 spiro atoms. The van der Waals surface area contributed by atoms with Crippen LogP contribution < -0.4 is 11.1 Å². The Morgan fingerprint density at radius 2 is 2.12 bits per heavy atom. The molecule has 1 heterocycles. The first-order valence-electron chi connectivity index (χ1n) is 7.69. The molecule has 3 rings (SSSR count). The molecule has 3 aromatic rings. The van der Waals surface area contributed by atoms with Gasteiger partial charge in [-0.25, -0.2) is 4.98 Å². The molecule has 0 fully saturated rings. The van der Waals surface area contributed by atoms with Crippen LogP contribution in [0.4, 0.5) is 17.4 Å². The van der Waals surface area contributed by atoms with Gasteiger partial charge >= 0.3 is 0 Å². The van der Waals surface area contributed by atoms with Crippen LogP contribution in [0.25, 0.3) is 11.3 Å². The maximum absolute atomic E-state index is 9.83. The number of benzene rings is 2. The van der Waals surface area contributed by atoms with E-state index in [0.29, 0.717) is 28.3 Å². The summed E-state index contributed by atoms with van der Waals surface area (Å²) in [5.74, 6) is 0.363. The number of phenolic OH excluding ortho intramolecular Hbond substituents is 1. The molecule has 8 nitrogen and oxygen atoms in total. The number of phenols is 1. The highest BCUT2D eigenvalue weighted by Crippen LogP contribution is 2.32. The number of methoxy groups -OCH3 is 1. The van der Waals surface area contributed by atoms with Crippen molar-refractivity contribution in [2.24, 2.45) is 0 Å². The van der Waals surface area contributed by atoms with Gasteiger partial charge in [0.15, 0.2) is 12.1 Å². The molecule has 0 saturated heterocycles. The Morgan fingerprint density at radius 1 is 1.31 bits per heavy atom. The number of aliphatic hydroxyl groups excluding tert-OH is 1. The predicted molar refractivity (Wildman–Crippen MR) is 97.6 cm³/mol. The van der Waals surface area contributed by atoms with Crippen LogP contribution in [0.3, 0.4) is 0 Å². The van der Waals surface area contributed by atoms with E-state index in [0.717, 1.165) is 0 Å². The zero-order valence-corrected chi connectivity index (χ0v) is 13.9. The van der Waals surface area contributed by atoms with Gasteiger partial charge in [-0.1, -0.05) is 0 Å². The van der Waals surface area contributed by atoms with Crippen LogP contribution in [0, 0.1) is 5.41 Å². The smallest absolute Gasteiger partial charge is 0.299 e. The van der Waals surface area contributed by atoms with Gasteiger partial charge in [-0.05, 0) is 36.4 Å². The lowest BCUT2D eigenvalue weighted by Crippen LogP contribution is -2.00. The van der Waals surface area contributed by atoms with Crippen molar-refractivity contribution in [2.45, 2.75) is 6.29 Å². The lowest BCUT2D eigenvalue weighted by molar-refractivity contribution is -0.0780. The topological polar surface area (TPSA) is 138 Å². The number of nitrogens with one attached hydrogen (secondary N) is 2. The number of aliphatic hydroxyl groups is 1. The molecule has 0 aliphatic carbocycles. The highest BCUT2D eigenvalue weighted by Gasteiger charge is 2.15. The Morgan fingerprint density at radius 3 is 2.85 bits per heavy atom. The second kappa shape index (κ2) is 7.26. The van der Waals surface area contributed by atoms with Crippen molar-refractivity contribution in [3.63, 3.8) is 0 Å². The number of nitrogens with two attached hydrogens (primary N) is 1. The Hall–Kier alpha value is -3.36. The fraction of sp³-hybridized carbons (Fsp3) is 0.111. The number of anilines is 3. The molecule has 0 bridgehead atoms. The van der Waals surface area contributed by atoms with Crippen molar-refractivity contribution in [1.82, 2.24) is 4.98 Å². The summed E-state index contributed by atoms with van der Waals surface area (Å²) in [6, 6.07) is 10.0. The van der Waals surface area contributed by atoms with E-state index < -0.39 is 6.29 Å². The number of rotatable bonds is 6. The minimum absolute atomic E-state index is 0.0815. The van der Waals surface area contributed by atoms with Gasteiger partial charge in [0.25, 0.3) is 6.01 Å². The third-order valence-electron chi connectivity index (χ3n) is 3.80. The number of nitrogen functional groups attached to an aromatic ring is 1. The van der Waals surface area contributed by atoms with Crippen molar-refractivity contribution >= 4 is 23.6 Å². The molecule has 6 N–H and O–H groups in total. The summed E-state index contributed by atoms with van der Waals surface area (Å²) in [6.45, 7) is 0. The van der Waals surface area contributed by atoms with Gasteiger partial charge in [-0.15, -0.1) is 0 Å². The fourth-order valence-corrected chi connectivity index (χ4v) is 2.40. The van der Waals surface area contributed by atoms with Crippen LogP contribution in [0.5, 0.6) is 5.75 Å². The average Bonchev–Trinajstić information content (AvgIpc) is 3.11. The largest absolute Gasteiger partial charge is 0.507 e. The number of nitrogens with zero attached hydrogens (tertiary/aromatic N) is 1. The van der Waals surface area contributed by atoms with Crippen molar-refractivity contribution in [2.75, 3.05) is 18.2 Å². The van der Waals surface area contributed by atoms with Crippen LogP contribution in [-0.2, 0) is 4.74 Å². The highest BCUT2D eigenvalue weighted by molar-refractivity contribution is 5.87. The standard InChI is InChI=1S/C18H18N4O4/c1-25-17(24)13-7-10(2-5-15(13)23)16-9-21-18(26-16)22-12-3-4-14(20)11(6-12)8-19/h2-9,17,19,23-24H,20H2,1H3,(H,21,22)/t17-/m0/s1. The van der Waals surface area contributed by atoms with Gasteiger partial charge in [0.1, 0.15) is 5.75 Å². The number of oxazole rings is 1. The second-order valence-electron chi connectivity index (χ2n) is 5.50. The number of hydrogen-bond acceptors (Lipinski definition) is 8. The third-order valence-corrected chi connectivity index (χ3v) is 3.80. The molecule has 0 aliphatic rings. The monoisotopic (exact) mass is 354 g/mol. The normalized spacial score (nSPS) is 11.9. The van der Waals surface area contributed by atoms with E-state index in [-0.39, 0.29) is 17.3 Å². The third kappa shape index (κ3) is 3.51. The molecular weight excluding hydrogens is 336 g/mol. The van der Waals surface area contributed by atoms with Gasteiger partial charge in [-0.2, -0.15) is 0 Å². The average molecular weight is 354 g/mol. The molecule has 0 aliphatic heterocycles. The summed E-state index contributed by atoms with van der Waals surface area (Å²) < 4.78 is 10.5. The zero-order chi connectivity index (χ0) is 18.7. The maximum Gasteiger partial charge on any atom is 0.299 e. The van der Waals surface area contributed by atoms with Crippen molar-refractivity contribution in [1.29, 1.82) is 5.41 Å². The van der Waals surface area contributed by atoms with Gasteiger partial charge in [-0.3, -0.25) is 0 Å². The molecule has 1 atom stereocenters. The molecule has 0 saturated carbocycles. The Bertz CT molecular complexity index is 939. The minimum Gasteiger partial charge on any atom is -0.507 e. The number of hydrogen-bond donors (Lipinski definition) is 5. The van der Waals surface area contributed by atoms with Crippen molar-refractivity contribution in [3.8, 4) is 17.1 Å².